The number of carbonyl (C=O) groups excluding carboxylic acids is 2. The van der Waals surface area contributed by atoms with Crippen molar-refractivity contribution in [3.8, 4) is 0 Å². The van der Waals surface area contributed by atoms with Gasteiger partial charge in [-0.25, -0.2) is 0 Å². The van der Waals surface area contributed by atoms with E-state index in [0.717, 1.165) is 99.5 Å². The Labute approximate surface area is 212 Å². The van der Waals surface area contributed by atoms with Gasteiger partial charge in [0.1, 0.15) is 11.5 Å². The highest BCUT2D eigenvalue weighted by Gasteiger charge is 2.24. The molecule has 0 bridgehead atoms. The van der Waals surface area contributed by atoms with Gasteiger partial charge in [0.05, 0.1) is 24.2 Å². The van der Waals surface area contributed by atoms with E-state index in [1.165, 1.54) is 0 Å². The third-order valence-electron chi connectivity index (χ3n) is 7.36. The van der Waals surface area contributed by atoms with Gasteiger partial charge >= 0.3 is 0 Å². The van der Waals surface area contributed by atoms with Crippen molar-refractivity contribution in [1.82, 2.24) is 29.9 Å². The molecular weight excluding hydrogens is 460 g/mol. The summed E-state index contributed by atoms with van der Waals surface area (Å²) in [6, 6.07) is 0. The number of amides is 2. The van der Waals surface area contributed by atoms with Gasteiger partial charge in [-0.05, 0) is 27.7 Å². The summed E-state index contributed by atoms with van der Waals surface area (Å²) in [6.07, 6.45) is 5.16. The van der Waals surface area contributed by atoms with E-state index in [-0.39, 0.29) is 11.8 Å². The lowest BCUT2D eigenvalue weighted by atomic mass is 10.1. The molecule has 2 aromatic rings. The summed E-state index contributed by atoms with van der Waals surface area (Å²) in [4.78, 5) is 34.0. The third-order valence-corrected chi connectivity index (χ3v) is 7.36. The second-order valence-electron chi connectivity index (χ2n) is 9.79. The number of carbonyl (C=O) groups is 2. The first-order chi connectivity index (χ1) is 17.3. The molecule has 0 unspecified atom stereocenters. The monoisotopic (exact) mass is 498 g/mol. The van der Waals surface area contributed by atoms with Gasteiger partial charge in [0.2, 0.25) is 11.8 Å². The molecule has 2 fully saturated rings. The summed E-state index contributed by atoms with van der Waals surface area (Å²) in [6.45, 7) is 15.8. The van der Waals surface area contributed by atoms with Crippen molar-refractivity contribution in [2.45, 2.75) is 40.5 Å². The highest BCUT2D eigenvalue weighted by molar-refractivity contribution is 5.79. The summed E-state index contributed by atoms with van der Waals surface area (Å²) in [5, 5.41) is 7.89. The molecule has 4 rings (SSSR count). The second-order valence-corrected chi connectivity index (χ2v) is 9.79. The van der Waals surface area contributed by atoms with E-state index in [4.69, 9.17) is 9.05 Å². The molecule has 2 amide bonds. The first kappa shape index (κ1) is 26.1. The Kier molecular flexibility index (Phi) is 8.58. The molecule has 2 aliphatic rings. The topological polar surface area (TPSA) is 99.2 Å². The Morgan fingerprint density at radius 1 is 0.667 bits per heavy atom. The van der Waals surface area contributed by atoms with Crippen LogP contribution in [0.2, 0.25) is 0 Å². The number of hydrogen-bond donors (Lipinski definition) is 0. The number of aromatic nitrogens is 2. The zero-order valence-corrected chi connectivity index (χ0v) is 22.0. The molecule has 0 radical (unpaired) electrons. The molecule has 0 aromatic carbocycles. The van der Waals surface area contributed by atoms with Gasteiger partial charge in [-0.1, -0.05) is 22.5 Å². The van der Waals surface area contributed by atoms with Crippen LogP contribution < -0.4 is 0 Å². The predicted octanol–water partition coefficient (Wildman–Crippen LogP) is 1.53. The van der Waals surface area contributed by atoms with E-state index in [2.05, 4.69) is 32.3 Å². The van der Waals surface area contributed by atoms with Crippen molar-refractivity contribution < 1.29 is 18.6 Å². The standard InChI is InChI=1S/C26H38N6O4/c1-19-23(21(3)35-27-19)17-25(33)31-13-9-29(10-14-31)7-5-6-8-30-11-15-32(16-12-30)26(34)18-24-20(2)28-36-22(24)4/h5-6H,7-18H2,1-4H3/b6-5+. The van der Waals surface area contributed by atoms with Crippen LogP contribution in [-0.4, -0.2) is 107 Å². The van der Waals surface area contributed by atoms with Crippen LogP contribution in [0.1, 0.15) is 34.0 Å². The lowest BCUT2D eigenvalue weighted by Gasteiger charge is -2.35. The SMILES string of the molecule is Cc1noc(C)c1CC(=O)N1CCN(C/C=C/CN2CCN(C(=O)Cc3c(C)noc3C)CC2)CC1. The normalized spacial score (nSPS) is 17.9. The summed E-state index contributed by atoms with van der Waals surface area (Å²) in [5.41, 5.74) is 3.43. The predicted molar refractivity (Wildman–Crippen MR) is 135 cm³/mol. The molecule has 10 nitrogen and oxygen atoms in total. The van der Waals surface area contributed by atoms with Crippen molar-refractivity contribution in [3.05, 3.63) is 46.2 Å². The first-order valence-corrected chi connectivity index (χ1v) is 12.8. The fraction of sp³-hybridized carbons (Fsp3) is 0.615. The van der Waals surface area contributed by atoms with Crippen LogP contribution in [0.3, 0.4) is 0 Å². The van der Waals surface area contributed by atoms with Gasteiger partial charge in [0.15, 0.2) is 0 Å². The molecule has 2 saturated heterocycles. The highest BCUT2D eigenvalue weighted by Crippen LogP contribution is 2.16. The van der Waals surface area contributed by atoms with Crippen molar-refractivity contribution in [3.63, 3.8) is 0 Å². The van der Waals surface area contributed by atoms with Crippen molar-refractivity contribution >= 4 is 11.8 Å². The summed E-state index contributed by atoms with van der Waals surface area (Å²) in [5.74, 6) is 1.75. The first-order valence-electron chi connectivity index (χ1n) is 12.8. The molecule has 2 aliphatic heterocycles. The van der Waals surface area contributed by atoms with Crippen molar-refractivity contribution in [2.24, 2.45) is 0 Å². The van der Waals surface area contributed by atoms with Crippen LogP contribution in [0.5, 0.6) is 0 Å². The summed E-state index contributed by atoms with van der Waals surface area (Å²) >= 11 is 0. The van der Waals surface area contributed by atoms with Crippen LogP contribution in [-0.2, 0) is 22.4 Å². The number of hydrogen-bond acceptors (Lipinski definition) is 8. The van der Waals surface area contributed by atoms with Crippen LogP contribution in [0.15, 0.2) is 21.2 Å². The minimum absolute atomic E-state index is 0.143. The van der Waals surface area contributed by atoms with E-state index in [9.17, 15) is 9.59 Å². The highest BCUT2D eigenvalue weighted by atomic mass is 16.5. The maximum Gasteiger partial charge on any atom is 0.227 e. The van der Waals surface area contributed by atoms with Gasteiger partial charge in [-0.3, -0.25) is 19.4 Å². The zero-order chi connectivity index (χ0) is 25.7. The second kappa shape index (κ2) is 11.8. The molecule has 0 spiro atoms. The molecule has 0 atom stereocenters. The molecule has 36 heavy (non-hydrogen) atoms. The summed E-state index contributed by atoms with van der Waals surface area (Å²) < 4.78 is 10.4. The quantitative estimate of drug-likeness (QED) is 0.506. The number of piperazine rings is 2. The minimum atomic E-state index is 0.143. The molecule has 196 valence electrons. The molecule has 0 N–H and O–H groups in total. The van der Waals surface area contributed by atoms with Crippen LogP contribution >= 0.6 is 0 Å². The smallest absolute Gasteiger partial charge is 0.227 e. The zero-order valence-electron chi connectivity index (χ0n) is 22.0. The van der Waals surface area contributed by atoms with E-state index >= 15 is 0 Å². The molecule has 0 aliphatic carbocycles. The van der Waals surface area contributed by atoms with Gasteiger partial charge in [-0.2, -0.15) is 0 Å². The van der Waals surface area contributed by atoms with Crippen molar-refractivity contribution in [2.75, 3.05) is 65.4 Å². The lowest BCUT2D eigenvalue weighted by Crippen LogP contribution is -2.49. The van der Waals surface area contributed by atoms with E-state index in [1.54, 1.807) is 0 Å². The fourth-order valence-corrected chi connectivity index (χ4v) is 4.84. The Bertz CT molecular complexity index is 951. The molecule has 10 heteroatoms. The third kappa shape index (κ3) is 6.41. The van der Waals surface area contributed by atoms with Crippen molar-refractivity contribution in [1.29, 1.82) is 0 Å². The largest absolute Gasteiger partial charge is 0.361 e. The Balaban J connectivity index is 1.11. The lowest BCUT2D eigenvalue weighted by molar-refractivity contribution is -0.133. The van der Waals surface area contributed by atoms with Gasteiger partial charge in [0.25, 0.3) is 0 Å². The number of nitrogens with zero attached hydrogens (tertiary/aromatic N) is 6. The summed E-state index contributed by atoms with van der Waals surface area (Å²) in [7, 11) is 0. The Morgan fingerprint density at radius 2 is 1.03 bits per heavy atom. The maximum absolute atomic E-state index is 12.7. The Morgan fingerprint density at radius 3 is 1.33 bits per heavy atom. The fourth-order valence-electron chi connectivity index (χ4n) is 4.84. The molecule has 0 saturated carbocycles. The Hall–Kier alpha value is -2.98. The van der Waals surface area contributed by atoms with Gasteiger partial charge < -0.3 is 18.8 Å². The van der Waals surface area contributed by atoms with E-state index in [0.29, 0.717) is 12.8 Å². The maximum atomic E-state index is 12.7. The average molecular weight is 499 g/mol. The van der Waals surface area contributed by atoms with Gasteiger partial charge in [0, 0.05) is 76.6 Å². The van der Waals surface area contributed by atoms with E-state index < -0.39 is 0 Å². The molecule has 4 heterocycles. The van der Waals surface area contributed by atoms with Gasteiger partial charge in [-0.15, -0.1) is 0 Å². The van der Waals surface area contributed by atoms with Crippen LogP contribution in [0.4, 0.5) is 0 Å². The average Bonchev–Trinajstić information content (AvgIpc) is 3.37. The number of rotatable bonds is 8. The molecule has 2 aromatic heterocycles. The van der Waals surface area contributed by atoms with E-state index in [1.807, 2.05) is 37.5 Å². The van der Waals surface area contributed by atoms with Crippen LogP contribution in [0.25, 0.3) is 0 Å². The number of aryl methyl sites for hydroxylation is 4. The van der Waals surface area contributed by atoms with Crippen LogP contribution in [0, 0.1) is 27.7 Å². The minimum Gasteiger partial charge on any atom is -0.361 e. The molecular formula is C26H38N6O4.